The lowest BCUT2D eigenvalue weighted by atomic mass is 10.1. The van der Waals surface area contributed by atoms with E-state index in [1.54, 1.807) is 6.21 Å². The summed E-state index contributed by atoms with van der Waals surface area (Å²) in [5.41, 5.74) is 2.14. The number of aryl methyl sites for hydroxylation is 1. The van der Waals surface area contributed by atoms with E-state index in [1.165, 1.54) is 12.7 Å². The van der Waals surface area contributed by atoms with Gasteiger partial charge in [-0.05, 0) is 23.6 Å². The molecule has 0 bridgehead atoms. The van der Waals surface area contributed by atoms with Crippen LogP contribution in [0.2, 0.25) is 5.02 Å². The molecule has 0 spiro atoms. The van der Waals surface area contributed by atoms with Gasteiger partial charge in [0.25, 0.3) is 0 Å². The van der Waals surface area contributed by atoms with Crippen LogP contribution in [0.5, 0.6) is 0 Å². The maximum atomic E-state index is 6.08. The van der Waals surface area contributed by atoms with E-state index in [-0.39, 0.29) is 0 Å². The molecule has 1 aromatic carbocycles. The van der Waals surface area contributed by atoms with Crippen molar-refractivity contribution in [3.05, 3.63) is 34.3 Å². The highest BCUT2D eigenvalue weighted by Crippen LogP contribution is 2.18. The van der Waals surface area contributed by atoms with Gasteiger partial charge >= 0.3 is 0 Å². The highest BCUT2D eigenvalue weighted by atomic mass is 35.5. The highest BCUT2D eigenvalue weighted by molar-refractivity contribution is 6.31. The summed E-state index contributed by atoms with van der Waals surface area (Å²) in [5.74, 6) is 0. The van der Waals surface area contributed by atoms with Crippen LogP contribution in [0, 0.1) is 0 Å². The van der Waals surface area contributed by atoms with Gasteiger partial charge in [-0.1, -0.05) is 42.2 Å². The van der Waals surface area contributed by atoms with E-state index in [1.807, 2.05) is 18.2 Å². The average molecular weight is 212 g/mol. The van der Waals surface area contributed by atoms with Crippen LogP contribution in [0.1, 0.15) is 24.5 Å². The van der Waals surface area contributed by atoms with E-state index in [0.29, 0.717) is 0 Å². The van der Waals surface area contributed by atoms with Gasteiger partial charge in [0.2, 0.25) is 0 Å². The highest BCUT2D eigenvalue weighted by Gasteiger charge is 1.99. The molecule has 0 unspecified atom stereocenters. The van der Waals surface area contributed by atoms with Gasteiger partial charge < -0.3 is 4.84 Å². The molecule has 0 aliphatic rings. The third-order valence-corrected chi connectivity index (χ3v) is 2.26. The number of nitrogens with zero attached hydrogens (tertiary/aromatic N) is 1. The lowest BCUT2D eigenvalue weighted by Gasteiger charge is -2.02. The first-order valence-corrected chi connectivity index (χ1v) is 5.00. The van der Waals surface area contributed by atoms with E-state index in [2.05, 4.69) is 16.9 Å². The number of rotatable bonds is 4. The Morgan fingerprint density at radius 2 is 2.29 bits per heavy atom. The second-order valence-corrected chi connectivity index (χ2v) is 3.43. The fraction of sp³-hybridized carbons (Fsp3) is 0.364. The first-order valence-electron chi connectivity index (χ1n) is 4.63. The van der Waals surface area contributed by atoms with Crippen molar-refractivity contribution in [2.75, 3.05) is 7.11 Å². The van der Waals surface area contributed by atoms with E-state index < -0.39 is 0 Å². The van der Waals surface area contributed by atoms with Crippen LogP contribution in [0.25, 0.3) is 0 Å². The Kier molecular flexibility index (Phi) is 4.47. The van der Waals surface area contributed by atoms with E-state index in [0.717, 1.165) is 23.4 Å². The lowest BCUT2D eigenvalue weighted by Crippen LogP contribution is -1.88. The van der Waals surface area contributed by atoms with Crippen LogP contribution in [0.3, 0.4) is 0 Å². The molecule has 2 nitrogen and oxygen atoms in total. The maximum Gasteiger partial charge on any atom is 0.106 e. The Bertz CT molecular complexity index is 323. The first kappa shape index (κ1) is 11.1. The Morgan fingerprint density at radius 3 is 2.86 bits per heavy atom. The minimum Gasteiger partial charge on any atom is -0.399 e. The zero-order chi connectivity index (χ0) is 10.4. The van der Waals surface area contributed by atoms with Gasteiger partial charge in [-0.2, -0.15) is 0 Å². The fourth-order valence-corrected chi connectivity index (χ4v) is 1.51. The van der Waals surface area contributed by atoms with Gasteiger partial charge in [0.15, 0.2) is 0 Å². The molecule has 14 heavy (non-hydrogen) atoms. The minimum absolute atomic E-state index is 0.798. The second kappa shape index (κ2) is 5.66. The van der Waals surface area contributed by atoms with E-state index in [9.17, 15) is 0 Å². The first-order chi connectivity index (χ1) is 6.77. The van der Waals surface area contributed by atoms with Crippen molar-refractivity contribution in [2.24, 2.45) is 5.16 Å². The molecule has 0 saturated heterocycles. The molecule has 0 radical (unpaired) electrons. The Labute approximate surface area is 89.5 Å². The van der Waals surface area contributed by atoms with Crippen LogP contribution >= 0.6 is 11.6 Å². The van der Waals surface area contributed by atoms with Gasteiger partial charge in [-0.15, -0.1) is 0 Å². The smallest absolute Gasteiger partial charge is 0.106 e. The Balaban J connectivity index is 2.83. The van der Waals surface area contributed by atoms with Crippen LogP contribution in [-0.2, 0) is 11.3 Å². The Morgan fingerprint density at radius 1 is 1.50 bits per heavy atom. The molecule has 1 rings (SSSR count). The molecule has 0 N–H and O–H groups in total. The molecule has 1 aromatic rings. The van der Waals surface area contributed by atoms with E-state index >= 15 is 0 Å². The van der Waals surface area contributed by atoms with Gasteiger partial charge in [0, 0.05) is 5.02 Å². The third kappa shape index (κ3) is 3.04. The summed E-state index contributed by atoms with van der Waals surface area (Å²) < 4.78 is 0. The molecule has 0 aliphatic heterocycles. The van der Waals surface area contributed by atoms with Crippen molar-refractivity contribution < 1.29 is 4.84 Å². The van der Waals surface area contributed by atoms with Crippen molar-refractivity contribution in [3.63, 3.8) is 0 Å². The largest absolute Gasteiger partial charge is 0.399 e. The summed E-state index contributed by atoms with van der Waals surface area (Å²) in [5, 5.41) is 4.47. The molecule has 0 aliphatic carbocycles. The van der Waals surface area contributed by atoms with Crippen LogP contribution in [0.4, 0.5) is 0 Å². The zero-order valence-electron chi connectivity index (χ0n) is 8.46. The maximum absolute atomic E-state index is 6.08. The predicted octanol–water partition coefficient (Wildman–Crippen LogP) is 3.27. The number of halogens is 1. The molecular weight excluding hydrogens is 198 g/mol. The fourth-order valence-electron chi connectivity index (χ4n) is 1.23. The summed E-state index contributed by atoms with van der Waals surface area (Å²) >= 11 is 6.08. The average Bonchev–Trinajstić information content (AvgIpc) is 2.19. The Hall–Kier alpha value is -1.02. The summed E-state index contributed by atoms with van der Waals surface area (Å²) in [6.45, 7) is 2.14. The molecule has 0 aromatic heterocycles. The summed E-state index contributed by atoms with van der Waals surface area (Å²) in [6, 6.07) is 5.91. The van der Waals surface area contributed by atoms with Crippen molar-refractivity contribution in [1.82, 2.24) is 0 Å². The SMILES string of the molecule is CCCc1ccc(C=NOC)cc1Cl. The van der Waals surface area contributed by atoms with Gasteiger partial charge in [-0.25, -0.2) is 0 Å². The standard InChI is InChI=1S/C11H14ClNO/c1-3-4-10-6-5-9(7-11(10)12)8-13-14-2/h5-8H,3-4H2,1-2H3. The van der Waals surface area contributed by atoms with Crippen LogP contribution < -0.4 is 0 Å². The van der Waals surface area contributed by atoms with Crippen molar-refractivity contribution in [3.8, 4) is 0 Å². The summed E-state index contributed by atoms with van der Waals surface area (Å²) in [6.07, 6.45) is 3.76. The topological polar surface area (TPSA) is 21.6 Å². The molecule has 0 saturated carbocycles. The molecule has 0 amide bonds. The molecule has 0 fully saturated rings. The lowest BCUT2D eigenvalue weighted by molar-refractivity contribution is 0.215. The molecule has 0 atom stereocenters. The minimum atomic E-state index is 0.798. The molecule has 76 valence electrons. The monoisotopic (exact) mass is 211 g/mol. The third-order valence-electron chi connectivity index (χ3n) is 1.90. The van der Waals surface area contributed by atoms with Crippen LogP contribution in [0.15, 0.2) is 23.4 Å². The zero-order valence-corrected chi connectivity index (χ0v) is 9.21. The summed E-state index contributed by atoms with van der Waals surface area (Å²) in [4.78, 5) is 4.59. The number of hydrogen-bond acceptors (Lipinski definition) is 2. The van der Waals surface area contributed by atoms with Crippen molar-refractivity contribution in [1.29, 1.82) is 0 Å². The number of oxime groups is 1. The van der Waals surface area contributed by atoms with Crippen LogP contribution in [-0.4, -0.2) is 13.3 Å². The second-order valence-electron chi connectivity index (χ2n) is 3.02. The number of hydrogen-bond donors (Lipinski definition) is 0. The summed E-state index contributed by atoms with van der Waals surface area (Å²) in [7, 11) is 1.52. The van der Waals surface area contributed by atoms with Gasteiger partial charge in [0.1, 0.15) is 7.11 Å². The normalized spacial score (nSPS) is 10.8. The molecular formula is C11H14ClNO. The predicted molar refractivity (Wildman–Crippen MR) is 60.1 cm³/mol. The van der Waals surface area contributed by atoms with Gasteiger partial charge in [0.05, 0.1) is 6.21 Å². The van der Waals surface area contributed by atoms with Gasteiger partial charge in [-0.3, -0.25) is 0 Å². The quantitative estimate of drug-likeness (QED) is 0.553. The molecule has 3 heteroatoms. The number of benzene rings is 1. The van der Waals surface area contributed by atoms with Crippen molar-refractivity contribution in [2.45, 2.75) is 19.8 Å². The van der Waals surface area contributed by atoms with Crippen molar-refractivity contribution >= 4 is 17.8 Å². The molecule has 0 heterocycles. The van der Waals surface area contributed by atoms with E-state index in [4.69, 9.17) is 11.6 Å².